The maximum atomic E-state index is 13.1. The van der Waals surface area contributed by atoms with E-state index in [9.17, 15) is 13.6 Å². The summed E-state index contributed by atoms with van der Waals surface area (Å²) in [4.78, 5) is 15.6. The molecule has 1 atom stereocenters. The quantitative estimate of drug-likeness (QED) is 0.904. The number of nitrogens with zero attached hydrogens (tertiary/aromatic N) is 1. The molecular weight excluding hydrogens is 264 g/mol. The summed E-state index contributed by atoms with van der Waals surface area (Å²) in [5, 5.41) is 5.21. The third-order valence-corrected chi connectivity index (χ3v) is 2.71. The first-order chi connectivity index (χ1) is 9.56. The number of urea groups is 1. The van der Waals surface area contributed by atoms with Crippen molar-refractivity contribution in [2.24, 2.45) is 0 Å². The Kier molecular flexibility index (Phi) is 4.24. The molecule has 20 heavy (non-hydrogen) atoms. The average Bonchev–Trinajstić information content (AvgIpc) is 2.42. The second-order valence-electron chi connectivity index (χ2n) is 4.24. The van der Waals surface area contributed by atoms with E-state index >= 15 is 0 Å². The number of anilines is 1. The Labute approximate surface area is 114 Å². The summed E-state index contributed by atoms with van der Waals surface area (Å²) in [7, 11) is 0. The van der Waals surface area contributed by atoms with E-state index in [1.165, 1.54) is 12.3 Å². The van der Waals surface area contributed by atoms with Gasteiger partial charge in [0.25, 0.3) is 0 Å². The fourth-order valence-corrected chi connectivity index (χ4v) is 1.67. The number of pyridine rings is 1. The lowest BCUT2D eigenvalue weighted by molar-refractivity contribution is 0.249. The van der Waals surface area contributed by atoms with Gasteiger partial charge in [-0.15, -0.1) is 0 Å². The van der Waals surface area contributed by atoms with Crippen LogP contribution in [0.4, 0.5) is 19.3 Å². The van der Waals surface area contributed by atoms with Crippen LogP contribution in [-0.2, 0) is 0 Å². The second kappa shape index (κ2) is 6.10. The summed E-state index contributed by atoms with van der Waals surface area (Å²) in [6, 6.07) is 5.99. The van der Waals surface area contributed by atoms with Gasteiger partial charge < -0.3 is 10.6 Å². The number of carbonyl (C=O) groups excluding carboxylic acids is 1. The minimum absolute atomic E-state index is 0.449. The van der Waals surface area contributed by atoms with Crippen molar-refractivity contribution >= 4 is 11.7 Å². The van der Waals surface area contributed by atoms with Gasteiger partial charge in [0.2, 0.25) is 0 Å². The van der Waals surface area contributed by atoms with E-state index in [1.54, 1.807) is 25.3 Å². The minimum Gasteiger partial charge on any atom is -0.331 e. The summed E-state index contributed by atoms with van der Waals surface area (Å²) in [5.41, 5.74) is 1.02. The lowest BCUT2D eigenvalue weighted by Crippen LogP contribution is -2.31. The molecule has 0 saturated heterocycles. The first kappa shape index (κ1) is 13.9. The van der Waals surface area contributed by atoms with Crippen LogP contribution in [0.15, 0.2) is 42.7 Å². The van der Waals surface area contributed by atoms with E-state index in [-0.39, 0.29) is 0 Å². The van der Waals surface area contributed by atoms with Crippen molar-refractivity contribution in [1.29, 1.82) is 0 Å². The number of hydrogen-bond donors (Lipinski definition) is 2. The zero-order valence-electron chi connectivity index (χ0n) is 10.7. The molecule has 2 amide bonds. The number of rotatable bonds is 3. The molecule has 104 valence electrons. The number of hydrogen-bond acceptors (Lipinski definition) is 2. The van der Waals surface area contributed by atoms with Crippen molar-refractivity contribution in [1.82, 2.24) is 10.3 Å². The maximum absolute atomic E-state index is 13.1. The van der Waals surface area contributed by atoms with Gasteiger partial charge in [-0.3, -0.25) is 4.98 Å². The molecule has 1 aromatic carbocycles. The number of nitrogens with one attached hydrogen (secondary N) is 2. The molecule has 0 bridgehead atoms. The monoisotopic (exact) mass is 277 g/mol. The standard InChI is InChI=1S/C14H13F2N3O/c1-9(10-4-5-12(15)13(16)7-10)18-14(20)19-11-3-2-6-17-8-11/h2-9H,1H3,(H2,18,19,20). The predicted molar refractivity (Wildman–Crippen MR) is 71.2 cm³/mol. The minimum atomic E-state index is -0.941. The van der Waals surface area contributed by atoms with Crippen LogP contribution < -0.4 is 10.6 Å². The fraction of sp³-hybridized carbons (Fsp3) is 0.143. The Morgan fingerprint density at radius 2 is 2.05 bits per heavy atom. The Balaban J connectivity index is 1.98. The fourth-order valence-electron chi connectivity index (χ4n) is 1.67. The topological polar surface area (TPSA) is 54.0 Å². The lowest BCUT2D eigenvalue weighted by atomic mass is 10.1. The Hall–Kier alpha value is -2.50. The van der Waals surface area contributed by atoms with Gasteiger partial charge in [-0.25, -0.2) is 13.6 Å². The van der Waals surface area contributed by atoms with Gasteiger partial charge in [0.05, 0.1) is 17.9 Å². The first-order valence-corrected chi connectivity index (χ1v) is 5.99. The van der Waals surface area contributed by atoms with E-state index in [1.807, 2.05) is 0 Å². The van der Waals surface area contributed by atoms with E-state index in [4.69, 9.17) is 0 Å². The first-order valence-electron chi connectivity index (χ1n) is 5.99. The van der Waals surface area contributed by atoms with E-state index in [2.05, 4.69) is 15.6 Å². The Morgan fingerprint density at radius 1 is 1.25 bits per heavy atom. The van der Waals surface area contributed by atoms with Gasteiger partial charge in [0.15, 0.2) is 11.6 Å². The van der Waals surface area contributed by atoms with Crippen molar-refractivity contribution in [3.8, 4) is 0 Å². The molecule has 0 spiro atoms. The van der Waals surface area contributed by atoms with Crippen molar-refractivity contribution < 1.29 is 13.6 Å². The largest absolute Gasteiger partial charge is 0.331 e. The molecule has 1 unspecified atom stereocenters. The van der Waals surface area contributed by atoms with Crippen LogP contribution in [0.1, 0.15) is 18.5 Å². The molecule has 0 aliphatic heterocycles. The molecule has 0 aliphatic rings. The average molecular weight is 277 g/mol. The Bertz CT molecular complexity index is 605. The highest BCUT2D eigenvalue weighted by Gasteiger charge is 2.12. The highest BCUT2D eigenvalue weighted by Crippen LogP contribution is 2.16. The smallest absolute Gasteiger partial charge is 0.319 e. The molecule has 0 saturated carbocycles. The number of carbonyl (C=O) groups is 1. The summed E-state index contributed by atoms with van der Waals surface area (Å²) < 4.78 is 25.9. The maximum Gasteiger partial charge on any atom is 0.319 e. The lowest BCUT2D eigenvalue weighted by Gasteiger charge is -2.15. The van der Waals surface area contributed by atoms with Crippen LogP contribution in [0, 0.1) is 11.6 Å². The van der Waals surface area contributed by atoms with Crippen LogP contribution in [0.3, 0.4) is 0 Å². The summed E-state index contributed by atoms with van der Waals surface area (Å²) in [6.45, 7) is 1.68. The molecule has 6 heteroatoms. The molecule has 0 aliphatic carbocycles. The van der Waals surface area contributed by atoms with E-state index in [0.29, 0.717) is 11.3 Å². The Morgan fingerprint density at radius 3 is 2.70 bits per heavy atom. The van der Waals surface area contributed by atoms with Gasteiger partial charge in [-0.05, 0) is 36.8 Å². The van der Waals surface area contributed by atoms with Gasteiger partial charge >= 0.3 is 6.03 Å². The normalized spacial score (nSPS) is 11.8. The van der Waals surface area contributed by atoms with Crippen molar-refractivity contribution in [2.75, 3.05) is 5.32 Å². The van der Waals surface area contributed by atoms with E-state index in [0.717, 1.165) is 12.1 Å². The van der Waals surface area contributed by atoms with Crippen LogP contribution in [0.2, 0.25) is 0 Å². The van der Waals surface area contributed by atoms with E-state index < -0.39 is 23.7 Å². The van der Waals surface area contributed by atoms with Crippen LogP contribution in [0.5, 0.6) is 0 Å². The number of halogens is 2. The number of aromatic nitrogens is 1. The third-order valence-electron chi connectivity index (χ3n) is 2.71. The van der Waals surface area contributed by atoms with Gasteiger partial charge in [0.1, 0.15) is 0 Å². The second-order valence-corrected chi connectivity index (χ2v) is 4.24. The number of amides is 2. The van der Waals surface area contributed by atoms with Gasteiger partial charge in [0, 0.05) is 6.20 Å². The molecule has 1 heterocycles. The molecule has 2 rings (SSSR count). The molecule has 0 radical (unpaired) electrons. The van der Waals surface area contributed by atoms with Crippen LogP contribution >= 0.6 is 0 Å². The molecule has 4 nitrogen and oxygen atoms in total. The molecule has 0 fully saturated rings. The van der Waals surface area contributed by atoms with Crippen LogP contribution in [-0.4, -0.2) is 11.0 Å². The predicted octanol–water partition coefficient (Wildman–Crippen LogP) is 3.24. The zero-order chi connectivity index (χ0) is 14.5. The zero-order valence-corrected chi connectivity index (χ0v) is 10.7. The van der Waals surface area contributed by atoms with Gasteiger partial charge in [-0.2, -0.15) is 0 Å². The van der Waals surface area contributed by atoms with Crippen molar-refractivity contribution in [3.05, 3.63) is 59.9 Å². The molecule has 1 aromatic heterocycles. The summed E-state index contributed by atoms with van der Waals surface area (Å²) in [5.74, 6) is -1.86. The summed E-state index contributed by atoms with van der Waals surface area (Å²) >= 11 is 0. The van der Waals surface area contributed by atoms with Crippen molar-refractivity contribution in [3.63, 3.8) is 0 Å². The van der Waals surface area contributed by atoms with Gasteiger partial charge in [-0.1, -0.05) is 6.07 Å². The highest BCUT2D eigenvalue weighted by atomic mass is 19.2. The molecule has 2 aromatic rings. The molecule has 2 N–H and O–H groups in total. The number of benzene rings is 1. The highest BCUT2D eigenvalue weighted by molar-refractivity contribution is 5.89. The van der Waals surface area contributed by atoms with Crippen LogP contribution in [0.25, 0.3) is 0 Å². The third kappa shape index (κ3) is 3.50. The molecular formula is C14H13F2N3O. The summed E-state index contributed by atoms with van der Waals surface area (Å²) in [6.07, 6.45) is 3.09. The SMILES string of the molecule is CC(NC(=O)Nc1cccnc1)c1ccc(F)c(F)c1. The van der Waals surface area contributed by atoms with Crippen molar-refractivity contribution in [2.45, 2.75) is 13.0 Å².